The van der Waals surface area contributed by atoms with Gasteiger partial charge in [0.1, 0.15) is 5.75 Å². The molecular formula is C14H15ClO2. The van der Waals surface area contributed by atoms with Gasteiger partial charge in [0, 0.05) is 11.1 Å². The first kappa shape index (κ1) is 13.4. The molecule has 0 spiro atoms. The summed E-state index contributed by atoms with van der Waals surface area (Å²) in [5, 5.41) is 10.0. The highest BCUT2D eigenvalue weighted by Gasteiger charge is 2.03. The van der Waals surface area contributed by atoms with Crippen LogP contribution in [0.5, 0.6) is 17.2 Å². The van der Waals surface area contributed by atoms with Crippen LogP contribution in [0, 0.1) is 0 Å². The zero-order chi connectivity index (χ0) is 12.7. The van der Waals surface area contributed by atoms with E-state index < -0.39 is 0 Å². The van der Waals surface area contributed by atoms with Crippen molar-refractivity contribution in [2.45, 2.75) is 13.8 Å². The fourth-order valence-electron chi connectivity index (χ4n) is 1.19. The Hall–Kier alpha value is -1.67. The third kappa shape index (κ3) is 4.00. The van der Waals surface area contributed by atoms with E-state index in [4.69, 9.17) is 16.3 Å². The van der Waals surface area contributed by atoms with Gasteiger partial charge in [-0.05, 0) is 24.3 Å². The highest BCUT2D eigenvalue weighted by molar-refractivity contribution is 6.30. The molecule has 0 aliphatic heterocycles. The summed E-state index contributed by atoms with van der Waals surface area (Å²) in [4.78, 5) is 0. The maximum atomic E-state index is 9.54. The van der Waals surface area contributed by atoms with Gasteiger partial charge >= 0.3 is 0 Å². The number of benzene rings is 2. The van der Waals surface area contributed by atoms with E-state index in [0.717, 1.165) is 0 Å². The zero-order valence-corrected chi connectivity index (χ0v) is 10.6. The van der Waals surface area contributed by atoms with Gasteiger partial charge in [0.05, 0.1) is 0 Å². The smallest absolute Gasteiger partial charge is 0.169 e. The summed E-state index contributed by atoms with van der Waals surface area (Å²) in [7, 11) is 0. The molecule has 2 aromatic rings. The Morgan fingerprint density at radius 3 is 2.24 bits per heavy atom. The van der Waals surface area contributed by atoms with Gasteiger partial charge in [0.25, 0.3) is 0 Å². The standard InChI is InChI=1S/C12H9ClO2.C2H6/c13-9-6-7-12(11(14)8-9)15-10-4-2-1-3-5-10;1-2/h1-8,14H;1-2H3. The van der Waals surface area contributed by atoms with Crippen LogP contribution in [0.1, 0.15) is 13.8 Å². The molecule has 0 fully saturated rings. The maximum absolute atomic E-state index is 9.54. The molecule has 0 aromatic heterocycles. The molecule has 0 unspecified atom stereocenters. The van der Waals surface area contributed by atoms with E-state index in [0.29, 0.717) is 16.5 Å². The number of hydrogen-bond acceptors (Lipinski definition) is 2. The van der Waals surface area contributed by atoms with Crippen LogP contribution >= 0.6 is 11.6 Å². The van der Waals surface area contributed by atoms with Crippen LogP contribution < -0.4 is 4.74 Å². The summed E-state index contributed by atoms with van der Waals surface area (Å²) < 4.78 is 5.46. The second-order valence-electron chi connectivity index (χ2n) is 3.03. The third-order valence-electron chi connectivity index (χ3n) is 1.89. The molecule has 0 radical (unpaired) electrons. The maximum Gasteiger partial charge on any atom is 0.169 e. The largest absolute Gasteiger partial charge is 0.504 e. The average Bonchev–Trinajstić information content (AvgIpc) is 2.37. The van der Waals surface area contributed by atoms with Crippen molar-refractivity contribution in [2.75, 3.05) is 0 Å². The lowest BCUT2D eigenvalue weighted by molar-refractivity contribution is 0.411. The molecule has 0 saturated carbocycles. The minimum atomic E-state index is 0.0337. The Morgan fingerprint density at radius 1 is 1.00 bits per heavy atom. The predicted octanol–water partition coefficient (Wildman–Crippen LogP) is 4.86. The normalized spacial score (nSPS) is 9.12. The predicted molar refractivity (Wildman–Crippen MR) is 71.0 cm³/mol. The van der Waals surface area contributed by atoms with Crippen LogP contribution in [-0.4, -0.2) is 5.11 Å². The molecule has 3 heteroatoms. The second kappa shape index (κ2) is 6.81. The van der Waals surface area contributed by atoms with Crippen molar-refractivity contribution in [3.05, 3.63) is 53.6 Å². The number of rotatable bonds is 2. The topological polar surface area (TPSA) is 29.5 Å². The number of aromatic hydroxyl groups is 1. The fourth-order valence-corrected chi connectivity index (χ4v) is 1.36. The number of phenolic OH excluding ortho intramolecular Hbond substituents is 1. The fraction of sp³-hybridized carbons (Fsp3) is 0.143. The number of hydrogen-bond donors (Lipinski definition) is 1. The summed E-state index contributed by atoms with van der Waals surface area (Å²) in [5.74, 6) is 1.10. The van der Waals surface area contributed by atoms with E-state index in [1.54, 1.807) is 12.1 Å². The van der Waals surface area contributed by atoms with Crippen molar-refractivity contribution in [3.8, 4) is 17.2 Å². The van der Waals surface area contributed by atoms with Crippen LogP contribution in [0.25, 0.3) is 0 Å². The Morgan fingerprint density at radius 2 is 1.65 bits per heavy atom. The van der Waals surface area contributed by atoms with E-state index in [-0.39, 0.29) is 5.75 Å². The van der Waals surface area contributed by atoms with Crippen LogP contribution in [-0.2, 0) is 0 Å². The van der Waals surface area contributed by atoms with E-state index in [2.05, 4.69) is 0 Å². The van der Waals surface area contributed by atoms with Crippen LogP contribution in [0.15, 0.2) is 48.5 Å². The lowest BCUT2D eigenvalue weighted by atomic mass is 10.3. The lowest BCUT2D eigenvalue weighted by Crippen LogP contribution is -1.83. The van der Waals surface area contributed by atoms with Crippen molar-refractivity contribution in [2.24, 2.45) is 0 Å². The molecule has 0 aliphatic rings. The molecule has 17 heavy (non-hydrogen) atoms. The van der Waals surface area contributed by atoms with Gasteiger partial charge < -0.3 is 9.84 Å². The summed E-state index contributed by atoms with van der Waals surface area (Å²) in [6.07, 6.45) is 0. The molecule has 0 heterocycles. The molecule has 2 aromatic carbocycles. The van der Waals surface area contributed by atoms with Crippen molar-refractivity contribution >= 4 is 11.6 Å². The number of para-hydroxylation sites is 1. The van der Waals surface area contributed by atoms with Crippen molar-refractivity contribution in [1.29, 1.82) is 0 Å². The highest BCUT2D eigenvalue weighted by Crippen LogP contribution is 2.32. The van der Waals surface area contributed by atoms with E-state index in [1.165, 1.54) is 6.07 Å². The molecular weight excluding hydrogens is 236 g/mol. The molecule has 2 rings (SSSR count). The molecule has 90 valence electrons. The van der Waals surface area contributed by atoms with Gasteiger partial charge in [-0.3, -0.25) is 0 Å². The lowest BCUT2D eigenvalue weighted by Gasteiger charge is -2.07. The molecule has 0 saturated heterocycles. The van der Waals surface area contributed by atoms with E-state index in [9.17, 15) is 5.11 Å². The number of ether oxygens (including phenoxy) is 1. The Bertz CT molecular complexity index is 455. The van der Waals surface area contributed by atoms with Crippen molar-refractivity contribution in [3.63, 3.8) is 0 Å². The first-order valence-electron chi connectivity index (χ1n) is 5.47. The molecule has 0 aliphatic carbocycles. The summed E-state index contributed by atoms with van der Waals surface area (Å²) in [5.41, 5.74) is 0. The van der Waals surface area contributed by atoms with Gasteiger partial charge in [-0.25, -0.2) is 0 Å². The van der Waals surface area contributed by atoms with Gasteiger partial charge in [0.15, 0.2) is 11.5 Å². The Labute approximate surface area is 106 Å². The monoisotopic (exact) mass is 250 g/mol. The SMILES string of the molecule is CC.Oc1cc(Cl)ccc1Oc1ccccc1. The number of halogens is 1. The van der Waals surface area contributed by atoms with Gasteiger partial charge in [-0.1, -0.05) is 43.6 Å². The zero-order valence-electron chi connectivity index (χ0n) is 9.85. The quantitative estimate of drug-likeness (QED) is 0.824. The van der Waals surface area contributed by atoms with Crippen molar-refractivity contribution in [1.82, 2.24) is 0 Å². The summed E-state index contributed by atoms with van der Waals surface area (Å²) in [6, 6.07) is 14.0. The molecule has 1 N–H and O–H groups in total. The molecule has 0 amide bonds. The highest BCUT2D eigenvalue weighted by atomic mass is 35.5. The molecule has 2 nitrogen and oxygen atoms in total. The Balaban J connectivity index is 0.000000686. The van der Waals surface area contributed by atoms with Crippen LogP contribution in [0.2, 0.25) is 5.02 Å². The third-order valence-corrected chi connectivity index (χ3v) is 2.13. The Kier molecular flexibility index (Phi) is 5.37. The van der Waals surface area contributed by atoms with E-state index in [1.807, 2.05) is 44.2 Å². The minimum absolute atomic E-state index is 0.0337. The first-order chi connectivity index (χ1) is 8.25. The van der Waals surface area contributed by atoms with Gasteiger partial charge in [-0.15, -0.1) is 0 Å². The minimum Gasteiger partial charge on any atom is -0.504 e. The van der Waals surface area contributed by atoms with Gasteiger partial charge in [0.2, 0.25) is 0 Å². The van der Waals surface area contributed by atoms with Crippen LogP contribution in [0.4, 0.5) is 0 Å². The average molecular weight is 251 g/mol. The van der Waals surface area contributed by atoms with Crippen molar-refractivity contribution < 1.29 is 9.84 Å². The second-order valence-corrected chi connectivity index (χ2v) is 3.46. The molecule has 0 bridgehead atoms. The van der Waals surface area contributed by atoms with Gasteiger partial charge in [-0.2, -0.15) is 0 Å². The summed E-state index contributed by atoms with van der Waals surface area (Å²) in [6.45, 7) is 4.00. The van der Waals surface area contributed by atoms with Crippen LogP contribution in [0.3, 0.4) is 0 Å². The molecule has 0 atom stereocenters. The summed E-state index contributed by atoms with van der Waals surface area (Å²) >= 11 is 5.70. The van der Waals surface area contributed by atoms with E-state index >= 15 is 0 Å². The first-order valence-corrected chi connectivity index (χ1v) is 5.85. The number of phenols is 1.